The van der Waals surface area contributed by atoms with Crippen molar-refractivity contribution in [3.8, 4) is 5.75 Å². The van der Waals surface area contributed by atoms with Crippen molar-refractivity contribution < 1.29 is 34.4 Å². The number of ketones is 2. The molecule has 1 saturated heterocycles. The maximum absolute atomic E-state index is 15.2. The van der Waals surface area contributed by atoms with Crippen LogP contribution in [0.15, 0.2) is 35.1 Å². The molecule has 0 radical (unpaired) electrons. The molecule has 51 heavy (non-hydrogen) atoms. The first-order chi connectivity index (χ1) is 24.3. The fraction of sp³-hybridized carbons (Fsp3) is 0.643. The fourth-order valence-corrected chi connectivity index (χ4v) is 12.4. The Kier molecular flexibility index (Phi) is 7.83. The molecule has 0 amide bonds. The van der Waals surface area contributed by atoms with Crippen molar-refractivity contribution in [2.75, 3.05) is 25.6 Å². The zero-order valence-electron chi connectivity index (χ0n) is 31.0. The molecule has 6 aliphatic carbocycles. The molecular weight excluding hydrogens is 644 g/mol. The van der Waals surface area contributed by atoms with Gasteiger partial charge in [0.2, 0.25) is 5.90 Å². The minimum Gasteiger partial charge on any atom is -0.512 e. The van der Waals surface area contributed by atoms with Gasteiger partial charge in [-0.15, -0.1) is 0 Å². The predicted molar refractivity (Wildman–Crippen MR) is 195 cm³/mol. The Morgan fingerprint density at radius 3 is 2.59 bits per heavy atom. The van der Waals surface area contributed by atoms with Gasteiger partial charge in [0.05, 0.1) is 12.2 Å². The van der Waals surface area contributed by atoms with E-state index in [0.717, 1.165) is 48.9 Å². The number of carbonyl (C=O) groups excluding carboxylic acids is 2. The second-order valence-electron chi connectivity index (χ2n) is 16.9. The number of anilines is 1. The Morgan fingerprint density at radius 1 is 1.20 bits per heavy atom. The van der Waals surface area contributed by atoms with Crippen LogP contribution in [0.5, 0.6) is 5.75 Å². The second kappa shape index (κ2) is 11.5. The van der Waals surface area contributed by atoms with Crippen LogP contribution < -0.4 is 4.90 Å². The molecule has 3 saturated carbocycles. The van der Waals surface area contributed by atoms with Crippen molar-refractivity contribution >= 4 is 28.7 Å². The van der Waals surface area contributed by atoms with Crippen LogP contribution in [0.4, 0.5) is 5.69 Å². The number of ether oxygens (including phenoxy) is 2. The average Bonchev–Trinajstić information content (AvgIpc) is 3.89. The number of phenolic OH excluding ortho intramolecular Hbond substituents is 1. The average molecular weight is 699 g/mol. The minimum atomic E-state index is -1.24. The minimum absolute atomic E-state index is 0.0562. The Hall–Kier alpha value is -3.43. The highest BCUT2D eigenvalue weighted by atomic mass is 16.7. The first-order valence-electron chi connectivity index (χ1n) is 19.4. The molecule has 1 aliphatic heterocycles. The van der Waals surface area contributed by atoms with Gasteiger partial charge in [0.25, 0.3) is 0 Å². The molecule has 10 atom stereocenters. The molecule has 0 aromatic heterocycles. The number of nitrogens with zero attached hydrogens (tertiary/aromatic N) is 1. The fourth-order valence-electron chi connectivity index (χ4n) is 12.4. The summed E-state index contributed by atoms with van der Waals surface area (Å²) in [6.45, 7) is 12.8. The van der Waals surface area contributed by atoms with Gasteiger partial charge in [-0.3, -0.25) is 15.0 Å². The zero-order valence-corrected chi connectivity index (χ0v) is 31.0. The standard InChI is InChI=1S/C42H54N2O7/c1-8-11-13-28(45)33-35(47)30(20(4)12-9-2)26-18-22-17-24-27(44(6)7)19-23(21(5)38(43)50-16-10-3)34(46)32(24)36(48)31(22)25-14-15-29-40(25,26)37(33)41(49)39-42(29,41)51-39/h19-20,22,26,29-30,37,39,43,46-47,49H,5,8-18H2,1-4,6-7H3/t20?,22?,26?,29?,30?,37?,39?,40?,41?,42-/m1/s1. The first kappa shape index (κ1) is 34.6. The van der Waals surface area contributed by atoms with E-state index in [1.54, 1.807) is 0 Å². The highest BCUT2D eigenvalue weighted by Gasteiger charge is 3.05. The van der Waals surface area contributed by atoms with Gasteiger partial charge >= 0.3 is 0 Å². The summed E-state index contributed by atoms with van der Waals surface area (Å²) in [6.07, 6.45) is 6.67. The van der Waals surface area contributed by atoms with Crippen LogP contribution in [0.3, 0.4) is 0 Å². The molecule has 1 heterocycles. The van der Waals surface area contributed by atoms with E-state index in [9.17, 15) is 20.1 Å². The molecule has 274 valence electrons. The van der Waals surface area contributed by atoms with Gasteiger partial charge < -0.3 is 29.7 Å². The van der Waals surface area contributed by atoms with Crippen LogP contribution in [-0.4, -0.2) is 70.8 Å². The zero-order chi connectivity index (χ0) is 36.5. The number of epoxide rings is 1. The molecule has 4 fully saturated rings. The van der Waals surface area contributed by atoms with Gasteiger partial charge in [-0.05, 0) is 67.9 Å². The van der Waals surface area contributed by atoms with E-state index >= 15 is 4.79 Å². The lowest BCUT2D eigenvalue weighted by atomic mass is 9.44. The number of rotatable bonds is 12. The number of phenols is 1. The SMILES string of the molecule is C=C(C(=N)OCCC)c1cc(N(C)C)c2c(c1O)C(=O)C1=C3CCC4C35C(CC1C2)C(C(C)CCC)C(O)=C(C(=O)CCCC)C5C1(O)C2O[C@]421. The molecule has 8 rings (SSSR count). The third-order valence-electron chi connectivity index (χ3n) is 14.3. The van der Waals surface area contributed by atoms with Crippen molar-refractivity contribution in [2.24, 2.45) is 40.9 Å². The number of nitrogens with one attached hydrogen (secondary N) is 1. The molecular formula is C42H54N2O7. The quantitative estimate of drug-likeness (QED) is 0.103. The van der Waals surface area contributed by atoms with E-state index in [4.69, 9.17) is 14.9 Å². The van der Waals surface area contributed by atoms with E-state index in [0.29, 0.717) is 55.4 Å². The van der Waals surface area contributed by atoms with Gasteiger partial charge in [-0.2, -0.15) is 0 Å². The first-order valence-corrected chi connectivity index (χ1v) is 19.4. The summed E-state index contributed by atoms with van der Waals surface area (Å²) in [6, 6.07) is 1.82. The molecule has 9 nitrogen and oxygen atoms in total. The maximum atomic E-state index is 15.2. The van der Waals surface area contributed by atoms with Crippen LogP contribution in [-0.2, 0) is 20.7 Å². The summed E-state index contributed by atoms with van der Waals surface area (Å²) in [4.78, 5) is 31.5. The number of fused-ring (bicyclic) bond motifs is 4. The summed E-state index contributed by atoms with van der Waals surface area (Å²) >= 11 is 0. The molecule has 0 bridgehead atoms. The Balaban J connectivity index is 1.34. The third-order valence-corrected chi connectivity index (χ3v) is 14.3. The smallest absolute Gasteiger partial charge is 0.213 e. The number of aromatic hydroxyl groups is 1. The van der Waals surface area contributed by atoms with Crippen LogP contribution in [0.25, 0.3) is 5.57 Å². The van der Waals surface area contributed by atoms with Crippen molar-refractivity contribution in [1.29, 1.82) is 5.41 Å². The van der Waals surface area contributed by atoms with E-state index < -0.39 is 22.5 Å². The number of aliphatic hydroxyl groups excluding tert-OH is 1. The number of hydrogen-bond acceptors (Lipinski definition) is 9. The maximum Gasteiger partial charge on any atom is 0.213 e. The second-order valence-corrected chi connectivity index (χ2v) is 16.9. The number of allylic oxidation sites excluding steroid dienone is 3. The summed E-state index contributed by atoms with van der Waals surface area (Å²) in [5.74, 6) is -1.52. The van der Waals surface area contributed by atoms with Crippen LogP contribution >= 0.6 is 0 Å². The molecule has 9 unspecified atom stereocenters. The van der Waals surface area contributed by atoms with E-state index in [-0.39, 0.29) is 75.8 Å². The van der Waals surface area contributed by atoms with Gasteiger partial charge in [0, 0.05) is 71.7 Å². The number of unbranched alkanes of at least 4 members (excludes halogenated alkanes) is 1. The summed E-state index contributed by atoms with van der Waals surface area (Å²) in [7, 11) is 3.83. The highest BCUT2D eigenvalue weighted by molar-refractivity contribution is 6.21. The topological polar surface area (TPSA) is 144 Å². The van der Waals surface area contributed by atoms with E-state index in [1.807, 2.05) is 38.9 Å². The van der Waals surface area contributed by atoms with Crippen LogP contribution in [0, 0.1) is 46.3 Å². The van der Waals surface area contributed by atoms with Gasteiger partial charge in [0.15, 0.2) is 11.6 Å². The number of Topliss-reactive ketones (excluding diaryl/α,β-unsaturated/α-hetero) is 2. The molecule has 7 aliphatic rings. The third kappa shape index (κ3) is 4.08. The predicted octanol–water partition coefficient (Wildman–Crippen LogP) is 7.09. The lowest BCUT2D eigenvalue weighted by molar-refractivity contribution is -0.122. The Labute approximate surface area is 301 Å². The van der Waals surface area contributed by atoms with Crippen molar-refractivity contribution in [1.82, 2.24) is 0 Å². The highest BCUT2D eigenvalue weighted by Crippen LogP contribution is 2.92. The van der Waals surface area contributed by atoms with Crippen molar-refractivity contribution in [3.63, 3.8) is 0 Å². The Morgan fingerprint density at radius 2 is 1.94 bits per heavy atom. The molecule has 1 aromatic rings. The van der Waals surface area contributed by atoms with Crippen molar-refractivity contribution in [3.05, 3.63) is 51.8 Å². The monoisotopic (exact) mass is 698 g/mol. The molecule has 1 aromatic carbocycles. The van der Waals surface area contributed by atoms with Crippen LogP contribution in [0.1, 0.15) is 107 Å². The summed E-state index contributed by atoms with van der Waals surface area (Å²) in [5.41, 5.74) is 1.82. The number of carbonyl (C=O) groups is 2. The lowest BCUT2D eigenvalue weighted by Crippen LogP contribution is -2.57. The van der Waals surface area contributed by atoms with Gasteiger partial charge in [-0.1, -0.05) is 59.1 Å². The summed E-state index contributed by atoms with van der Waals surface area (Å²) in [5, 5.41) is 45.5. The number of benzene rings is 1. The Bertz CT molecular complexity index is 1840. The lowest BCUT2D eigenvalue weighted by Gasteiger charge is -2.58. The molecule has 4 N–H and O–H groups in total. The van der Waals surface area contributed by atoms with Gasteiger partial charge in [-0.25, -0.2) is 0 Å². The van der Waals surface area contributed by atoms with E-state index in [2.05, 4.69) is 20.4 Å². The number of aliphatic hydroxyl groups is 2. The number of hydrogen-bond donors (Lipinski definition) is 4. The molecule has 2 spiro atoms. The van der Waals surface area contributed by atoms with E-state index in [1.165, 1.54) is 0 Å². The summed E-state index contributed by atoms with van der Waals surface area (Å²) < 4.78 is 11.9. The largest absolute Gasteiger partial charge is 0.512 e. The normalized spacial score (nSPS) is 36.7. The van der Waals surface area contributed by atoms with Gasteiger partial charge in [0.1, 0.15) is 28.8 Å². The molecule has 9 heteroatoms. The van der Waals surface area contributed by atoms with Crippen molar-refractivity contribution in [2.45, 2.75) is 109 Å². The van der Waals surface area contributed by atoms with Crippen LogP contribution in [0.2, 0.25) is 0 Å².